The molecule has 2 heterocycles. The van der Waals surface area contributed by atoms with Gasteiger partial charge in [-0.1, -0.05) is 59.2 Å². The molecule has 1 atom stereocenters. The van der Waals surface area contributed by atoms with Crippen molar-refractivity contribution in [3.8, 4) is 11.5 Å². The summed E-state index contributed by atoms with van der Waals surface area (Å²) in [6, 6.07) is 21.0. The minimum absolute atomic E-state index is 0.0954. The molecule has 1 N–H and O–H groups in total. The lowest BCUT2D eigenvalue weighted by molar-refractivity contribution is -0.120. The molecule has 1 amide bonds. The Morgan fingerprint density at radius 2 is 1.83 bits per heavy atom. The molecule has 1 unspecified atom stereocenters. The van der Waals surface area contributed by atoms with Gasteiger partial charge in [0.1, 0.15) is 16.8 Å². The van der Waals surface area contributed by atoms with E-state index in [1.165, 1.54) is 0 Å². The van der Waals surface area contributed by atoms with Crippen LogP contribution in [0.4, 0.5) is 0 Å². The van der Waals surface area contributed by atoms with Gasteiger partial charge < -0.3 is 14.3 Å². The molecule has 0 radical (unpaired) electrons. The van der Waals surface area contributed by atoms with Crippen LogP contribution in [-0.4, -0.2) is 16.0 Å². The van der Waals surface area contributed by atoms with Crippen LogP contribution in [0.5, 0.6) is 0 Å². The van der Waals surface area contributed by atoms with E-state index in [9.17, 15) is 4.79 Å². The minimum atomic E-state index is -0.289. The van der Waals surface area contributed by atoms with Crippen LogP contribution >= 0.6 is 11.6 Å². The molecule has 0 aliphatic carbocycles. The van der Waals surface area contributed by atoms with E-state index >= 15 is 0 Å². The Hall–Kier alpha value is -3.90. The molecule has 6 nitrogen and oxygen atoms in total. The summed E-state index contributed by atoms with van der Waals surface area (Å²) in [4.78, 5) is 17.8. The number of benzene rings is 3. The maximum absolute atomic E-state index is 13.2. The molecule has 0 fully saturated rings. The Morgan fingerprint density at radius 3 is 2.54 bits per heavy atom. The van der Waals surface area contributed by atoms with Gasteiger partial charge in [-0.3, -0.25) is 4.79 Å². The van der Waals surface area contributed by atoms with Gasteiger partial charge in [0.25, 0.3) is 0 Å². The van der Waals surface area contributed by atoms with Gasteiger partial charge in [0.15, 0.2) is 5.58 Å². The molecule has 5 aromatic rings. The maximum atomic E-state index is 13.2. The number of carbonyl (C=O) groups is 1. The van der Waals surface area contributed by atoms with Crippen molar-refractivity contribution < 1.29 is 13.7 Å². The van der Waals surface area contributed by atoms with Crippen molar-refractivity contribution in [2.45, 2.75) is 33.2 Å². The largest absolute Gasteiger partial charge is 0.436 e. The first kappa shape index (κ1) is 22.9. The molecule has 176 valence electrons. The summed E-state index contributed by atoms with van der Waals surface area (Å²) in [7, 11) is 0. The van der Waals surface area contributed by atoms with Crippen molar-refractivity contribution in [1.82, 2.24) is 15.5 Å². The van der Waals surface area contributed by atoms with Crippen molar-refractivity contribution in [2.75, 3.05) is 0 Å². The van der Waals surface area contributed by atoms with Crippen molar-refractivity contribution in [2.24, 2.45) is 0 Å². The van der Waals surface area contributed by atoms with Crippen molar-refractivity contribution in [3.63, 3.8) is 0 Å². The SMILES string of the molecule is Cc1cc(Cl)ccc1C(NC(=O)Cc1ccc2oc(-c3c(C)noc3C)nc2c1)c1ccccc1. The molecule has 2 aromatic heterocycles. The predicted octanol–water partition coefficient (Wildman–Crippen LogP) is 6.51. The molecule has 35 heavy (non-hydrogen) atoms. The van der Waals surface area contributed by atoms with Crippen LogP contribution in [0.3, 0.4) is 0 Å². The summed E-state index contributed by atoms with van der Waals surface area (Å²) >= 11 is 6.17. The zero-order chi connectivity index (χ0) is 24.5. The highest BCUT2D eigenvalue weighted by Gasteiger charge is 2.20. The van der Waals surface area contributed by atoms with Crippen molar-refractivity contribution in [1.29, 1.82) is 0 Å². The third kappa shape index (κ3) is 4.70. The third-order valence-electron chi connectivity index (χ3n) is 6.04. The number of hydrogen-bond donors (Lipinski definition) is 1. The summed E-state index contributed by atoms with van der Waals surface area (Å²) in [5.74, 6) is 1.01. The number of oxazole rings is 1. The van der Waals surface area contributed by atoms with Gasteiger partial charge in [0.2, 0.25) is 11.8 Å². The van der Waals surface area contributed by atoms with E-state index in [0.717, 1.165) is 33.5 Å². The van der Waals surface area contributed by atoms with E-state index in [-0.39, 0.29) is 18.4 Å². The molecule has 7 heteroatoms. The molecule has 0 aliphatic heterocycles. The lowest BCUT2D eigenvalue weighted by atomic mass is 9.94. The second kappa shape index (κ2) is 9.39. The lowest BCUT2D eigenvalue weighted by Crippen LogP contribution is -2.31. The summed E-state index contributed by atoms with van der Waals surface area (Å²) in [6.07, 6.45) is 0.208. The number of rotatable bonds is 6. The first-order chi connectivity index (χ1) is 16.9. The fourth-order valence-corrected chi connectivity index (χ4v) is 4.55. The fourth-order valence-electron chi connectivity index (χ4n) is 4.32. The average molecular weight is 486 g/mol. The Labute approximate surface area is 207 Å². The minimum Gasteiger partial charge on any atom is -0.436 e. The highest BCUT2D eigenvalue weighted by Crippen LogP contribution is 2.30. The van der Waals surface area contributed by atoms with E-state index in [2.05, 4.69) is 15.5 Å². The van der Waals surface area contributed by atoms with Crippen LogP contribution in [0.1, 0.15) is 39.7 Å². The van der Waals surface area contributed by atoms with Crippen LogP contribution in [0.15, 0.2) is 75.7 Å². The Kier molecular flexibility index (Phi) is 6.14. The first-order valence-corrected chi connectivity index (χ1v) is 11.7. The zero-order valence-electron chi connectivity index (χ0n) is 19.6. The highest BCUT2D eigenvalue weighted by molar-refractivity contribution is 6.30. The smallest absolute Gasteiger partial charge is 0.232 e. The summed E-state index contributed by atoms with van der Waals surface area (Å²) in [5, 5.41) is 7.84. The lowest BCUT2D eigenvalue weighted by Gasteiger charge is -2.22. The molecule has 0 bridgehead atoms. The summed E-state index contributed by atoms with van der Waals surface area (Å²) in [6.45, 7) is 5.67. The van der Waals surface area contributed by atoms with Crippen LogP contribution < -0.4 is 5.32 Å². The predicted molar refractivity (Wildman–Crippen MR) is 135 cm³/mol. The highest BCUT2D eigenvalue weighted by atomic mass is 35.5. The second-order valence-corrected chi connectivity index (χ2v) is 9.05. The number of nitrogens with one attached hydrogen (secondary N) is 1. The van der Waals surface area contributed by atoms with Crippen LogP contribution in [0.2, 0.25) is 5.02 Å². The van der Waals surface area contributed by atoms with E-state index in [1.54, 1.807) is 0 Å². The Morgan fingerprint density at radius 1 is 1.03 bits per heavy atom. The van der Waals surface area contributed by atoms with Gasteiger partial charge in [-0.2, -0.15) is 0 Å². The normalized spacial score (nSPS) is 12.1. The molecule has 0 saturated heterocycles. The summed E-state index contributed by atoms with van der Waals surface area (Å²) in [5.41, 5.74) is 6.66. The van der Waals surface area contributed by atoms with Gasteiger partial charge in [-0.25, -0.2) is 4.98 Å². The number of halogens is 1. The van der Waals surface area contributed by atoms with Crippen LogP contribution in [0.25, 0.3) is 22.6 Å². The molecule has 3 aromatic carbocycles. The topological polar surface area (TPSA) is 81.2 Å². The van der Waals surface area contributed by atoms with Gasteiger partial charge in [0, 0.05) is 5.02 Å². The van der Waals surface area contributed by atoms with Crippen LogP contribution in [0, 0.1) is 20.8 Å². The maximum Gasteiger partial charge on any atom is 0.232 e. The van der Waals surface area contributed by atoms with Crippen molar-refractivity contribution >= 4 is 28.6 Å². The van der Waals surface area contributed by atoms with E-state index < -0.39 is 0 Å². The van der Waals surface area contributed by atoms with Gasteiger partial charge in [-0.05, 0) is 67.3 Å². The summed E-state index contributed by atoms with van der Waals surface area (Å²) < 4.78 is 11.2. The zero-order valence-corrected chi connectivity index (χ0v) is 20.4. The number of fused-ring (bicyclic) bond motifs is 1. The first-order valence-electron chi connectivity index (χ1n) is 11.3. The molecule has 0 saturated carbocycles. The van der Waals surface area contributed by atoms with Gasteiger partial charge in [-0.15, -0.1) is 0 Å². The quantitative estimate of drug-likeness (QED) is 0.296. The molecule has 0 spiro atoms. The van der Waals surface area contributed by atoms with E-state index in [4.69, 9.17) is 20.5 Å². The monoisotopic (exact) mass is 485 g/mol. The van der Waals surface area contributed by atoms with Gasteiger partial charge >= 0.3 is 0 Å². The number of aryl methyl sites for hydroxylation is 3. The molecule has 0 aliphatic rings. The Balaban J connectivity index is 1.40. The number of amides is 1. The molecular weight excluding hydrogens is 462 g/mol. The van der Waals surface area contributed by atoms with E-state index in [1.807, 2.05) is 87.5 Å². The number of hydrogen-bond acceptors (Lipinski definition) is 5. The Bertz CT molecular complexity index is 1500. The average Bonchev–Trinajstić information content (AvgIpc) is 3.40. The second-order valence-electron chi connectivity index (χ2n) is 8.61. The fraction of sp³-hybridized carbons (Fsp3) is 0.179. The number of aromatic nitrogens is 2. The standard InChI is InChI=1S/C28H24ClN3O3/c1-16-13-21(29)10-11-22(16)27(20-7-5-4-6-8-20)31-25(33)15-19-9-12-24-23(14-19)30-28(34-24)26-17(2)32-35-18(26)3/h4-14,27H,15H2,1-3H3,(H,31,33). The van der Waals surface area contributed by atoms with E-state index in [0.29, 0.717) is 27.8 Å². The molecular formula is C28H24ClN3O3. The number of nitrogens with zero attached hydrogens (tertiary/aromatic N) is 2. The third-order valence-corrected chi connectivity index (χ3v) is 6.28. The van der Waals surface area contributed by atoms with Gasteiger partial charge in [0.05, 0.1) is 18.2 Å². The van der Waals surface area contributed by atoms with Crippen molar-refractivity contribution in [3.05, 3.63) is 105 Å². The molecule has 5 rings (SSSR count). The number of carbonyl (C=O) groups excluding carboxylic acids is 1. The van der Waals surface area contributed by atoms with Crippen LogP contribution in [-0.2, 0) is 11.2 Å².